The third-order valence-electron chi connectivity index (χ3n) is 15.4. The quantitative estimate of drug-likeness (QED) is 0.0666. The zero-order valence-electron chi connectivity index (χ0n) is 44.4. The van der Waals surface area contributed by atoms with Crippen molar-refractivity contribution >= 4 is 33.6 Å². The number of carbonyl (C=O) groups excluding carboxylic acids is 4. The Hall–Kier alpha value is -3.17. The highest BCUT2D eigenvalue weighted by atomic mass is 32.2. The summed E-state index contributed by atoms with van der Waals surface area (Å²) in [5, 5.41) is 36.2. The largest absolute Gasteiger partial charge is 0.461 e. The van der Waals surface area contributed by atoms with E-state index in [2.05, 4.69) is 5.32 Å². The van der Waals surface area contributed by atoms with Crippen LogP contribution in [0.2, 0.25) is 0 Å². The number of aliphatic hydroxyl groups is 3. The number of ketones is 2. The number of carbonyl (C=O) groups is 4. The van der Waals surface area contributed by atoms with Gasteiger partial charge in [-0.3, -0.25) is 18.9 Å². The Labute approximate surface area is 429 Å². The lowest BCUT2D eigenvalue weighted by molar-refractivity contribution is -0.264. The topological polar surface area (TPSA) is 245 Å². The molecule has 3 heterocycles. The van der Waals surface area contributed by atoms with E-state index >= 15 is 0 Å². The van der Waals surface area contributed by atoms with Crippen molar-refractivity contribution in [3.05, 3.63) is 47.6 Å². The first-order valence-electron chi connectivity index (χ1n) is 26.4. The van der Waals surface area contributed by atoms with Crippen molar-refractivity contribution in [3.63, 3.8) is 0 Å². The van der Waals surface area contributed by atoms with Gasteiger partial charge in [0.25, 0.3) is 21.8 Å². The number of Topliss-reactive ketones (excluding diaryl/α,β-unsaturated/α-hetero) is 2. The maximum Gasteiger partial charge on any atom is 0.329 e. The van der Waals surface area contributed by atoms with Gasteiger partial charge in [-0.05, 0) is 127 Å². The van der Waals surface area contributed by atoms with E-state index in [0.29, 0.717) is 56.9 Å². The van der Waals surface area contributed by atoms with E-state index in [9.17, 15) is 47.5 Å². The number of aliphatic hydroxyl groups excluding tert-OH is 2. The van der Waals surface area contributed by atoms with Gasteiger partial charge in [-0.25, -0.2) is 4.79 Å². The van der Waals surface area contributed by atoms with Gasteiger partial charge in [0.15, 0.2) is 5.78 Å². The fraction of sp³-hybridized carbons (Fsp3) is 0.778. The second kappa shape index (κ2) is 29.2. The number of nitrogens with zero attached hydrogens (tertiary/aromatic N) is 1. The minimum atomic E-state index is -4.29. The Morgan fingerprint density at radius 1 is 0.875 bits per heavy atom. The molecular formula is C54H88N2O15S. The lowest BCUT2D eigenvalue weighted by Crippen LogP contribution is -2.61. The number of amides is 1. The molecule has 0 aromatic rings. The van der Waals surface area contributed by atoms with E-state index in [4.69, 9.17) is 23.7 Å². The van der Waals surface area contributed by atoms with Crippen molar-refractivity contribution in [3.8, 4) is 0 Å². The predicted molar refractivity (Wildman–Crippen MR) is 273 cm³/mol. The van der Waals surface area contributed by atoms with Gasteiger partial charge in [0.05, 0.1) is 37.3 Å². The van der Waals surface area contributed by atoms with Gasteiger partial charge in [-0.2, -0.15) is 8.42 Å². The third-order valence-corrected chi connectivity index (χ3v) is 16.2. The Morgan fingerprint density at radius 3 is 2.29 bits per heavy atom. The SMILES string of the molecule is CO[C@@H]1C[C@H](C[C@@H](C)[C@@H]2CC[C@H](C)/C=C(\C)[C@@H](O)[C@@H](OC)C(=O)[C@H](C)C[C@H](C)/C=C/C=C/C=C(\C)[C@@H](NCCS(=O)(=O)O)C[C@@H]3CC[C@@H](C)[C@@](O)(O3)C(=O)C(=O)N3CCCC[C@H]3C(=O)O2)CC[C@H]1OCCO. The van der Waals surface area contributed by atoms with Gasteiger partial charge >= 0.3 is 5.97 Å². The van der Waals surface area contributed by atoms with Crippen LogP contribution in [0, 0.1) is 35.5 Å². The molecule has 5 N–H and O–H groups in total. The van der Waals surface area contributed by atoms with Crippen LogP contribution in [0.5, 0.6) is 0 Å². The molecule has 410 valence electrons. The summed E-state index contributed by atoms with van der Waals surface area (Å²) in [6.07, 6.45) is 14.1. The van der Waals surface area contributed by atoms with E-state index in [1.165, 1.54) is 12.0 Å². The first kappa shape index (κ1) is 61.4. The number of ether oxygens (including phenoxy) is 5. The molecule has 1 amide bonds. The van der Waals surface area contributed by atoms with Crippen molar-refractivity contribution in [2.24, 2.45) is 35.5 Å². The number of rotatable bonds is 12. The van der Waals surface area contributed by atoms with Gasteiger partial charge < -0.3 is 49.2 Å². The number of piperidine rings is 1. The average molecular weight is 1040 g/mol. The fourth-order valence-electron chi connectivity index (χ4n) is 11.0. The molecule has 0 radical (unpaired) electrons. The van der Waals surface area contributed by atoms with Gasteiger partial charge in [-0.15, -0.1) is 0 Å². The van der Waals surface area contributed by atoms with Crippen LogP contribution in [-0.4, -0.2) is 157 Å². The number of hydrogen-bond donors (Lipinski definition) is 5. The minimum Gasteiger partial charge on any atom is -0.461 e. The van der Waals surface area contributed by atoms with Gasteiger partial charge in [-0.1, -0.05) is 76.6 Å². The minimum absolute atomic E-state index is 0.0115. The van der Waals surface area contributed by atoms with Crippen LogP contribution in [0.3, 0.4) is 0 Å². The van der Waals surface area contributed by atoms with Crippen molar-refractivity contribution in [2.75, 3.05) is 46.3 Å². The number of allylic oxidation sites excluding steroid dienone is 6. The molecule has 3 aliphatic heterocycles. The summed E-state index contributed by atoms with van der Waals surface area (Å²) < 4.78 is 62.8. The zero-order chi connectivity index (χ0) is 53.3. The average Bonchev–Trinajstić information content (AvgIpc) is 3.34. The van der Waals surface area contributed by atoms with Crippen LogP contribution in [0.15, 0.2) is 47.6 Å². The molecule has 0 unspecified atom stereocenters. The van der Waals surface area contributed by atoms with Crippen molar-refractivity contribution < 1.29 is 71.2 Å². The maximum absolute atomic E-state index is 14.5. The van der Waals surface area contributed by atoms with E-state index in [-0.39, 0.29) is 80.8 Å². The van der Waals surface area contributed by atoms with Crippen molar-refractivity contribution in [2.45, 2.75) is 186 Å². The molecule has 2 saturated heterocycles. The molecule has 1 saturated carbocycles. The Morgan fingerprint density at radius 2 is 1.61 bits per heavy atom. The number of hydrogen-bond acceptors (Lipinski definition) is 15. The monoisotopic (exact) mass is 1040 g/mol. The number of esters is 1. The van der Waals surface area contributed by atoms with E-state index in [1.54, 1.807) is 27.0 Å². The highest BCUT2D eigenvalue weighted by molar-refractivity contribution is 7.85. The van der Waals surface area contributed by atoms with Crippen LogP contribution in [0.25, 0.3) is 0 Å². The van der Waals surface area contributed by atoms with E-state index in [0.717, 1.165) is 24.8 Å². The molecular weight excluding hydrogens is 949 g/mol. The highest BCUT2D eigenvalue weighted by Crippen LogP contribution is 2.38. The summed E-state index contributed by atoms with van der Waals surface area (Å²) in [5.74, 6) is -7.37. The summed E-state index contributed by atoms with van der Waals surface area (Å²) >= 11 is 0. The first-order valence-corrected chi connectivity index (χ1v) is 28.0. The van der Waals surface area contributed by atoms with Gasteiger partial charge in [0, 0.05) is 45.2 Å². The second-order valence-corrected chi connectivity index (χ2v) is 22.9. The molecule has 15 atom stereocenters. The molecule has 4 rings (SSSR count). The van der Waals surface area contributed by atoms with Gasteiger partial charge in [0.2, 0.25) is 5.79 Å². The normalized spacial score (nSPS) is 37.8. The molecule has 0 aromatic heterocycles. The zero-order valence-corrected chi connectivity index (χ0v) is 45.2. The lowest BCUT2D eigenvalue weighted by atomic mass is 9.78. The fourth-order valence-corrected chi connectivity index (χ4v) is 11.4. The van der Waals surface area contributed by atoms with E-state index < -0.39 is 87.7 Å². The summed E-state index contributed by atoms with van der Waals surface area (Å²) in [5.41, 5.74) is 1.34. The Bertz CT molecular complexity index is 2010. The summed E-state index contributed by atoms with van der Waals surface area (Å²) in [7, 11) is -1.22. The highest BCUT2D eigenvalue weighted by Gasteiger charge is 2.53. The lowest BCUT2D eigenvalue weighted by Gasteiger charge is -2.43. The molecule has 3 fully saturated rings. The summed E-state index contributed by atoms with van der Waals surface area (Å²) in [6, 6.07) is -1.62. The van der Waals surface area contributed by atoms with E-state index in [1.807, 2.05) is 65.0 Å². The first-order chi connectivity index (χ1) is 34.0. The van der Waals surface area contributed by atoms with Crippen LogP contribution in [0.4, 0.5) is 0 Å². The molecule has 0 spiro atoms. The molecule has 0 aromatic carbocycles. The van der Waals surface area contributed by atoms with Gasteiger partial charge in [0.1, 0.15) is 24.4 Å². The smallest absolute Gasteiger partial charge is 0.329 e. The number of fused-ring (bicyclic) bond motifs is 3. The molecule has 18 heteroatoms. The van der Waals surface area contributed by atoms with Crippen LogP contribution in [-0.2, 0) is 53.0 Å². The van der Waals surface area contributed by atoms with Crippen LogP contribution in [0.1, 0.15) is 132 Å². The Balaban J connectivity index is 1.70. The van der Waals surface area contributed by atoms with Crippen molar-refractivity contribution in [1.29, 1.82) is 0 Å². The predicted octanol–water partition coefficient (Wildman–Crippen LogP) is 5.85. The molecule has 2 bridgehead atoms. The van der Waals surface area contributed by atoms with Crippen molar-refractivity contribution in [1.82, 2.24) is 10.2 Å². The maximum atomic E-state index is 14.5. The standard InChI is InChI=1S/C54H88N2O15S/c1-34-15-11-10-12-16-36(3)43(55-24-28-72(64,65)66)33-42-21-19-40(7)54(63,71-42)51(60)52(61)56-25-14-13-17-44(56)53(62)70-45(37(4)31-41-20-23-46(69-27-26-57)47(32-41)67-8)22-18-35(2)30-39(6)49(59)50(68-9)48(58)38(5)29-34/h10-12,15-16,30,34-35,37-38,40-47,49-50,55,57,59,63H,13-14,17-29,31-33H2,1-9H3,(H,64,65,66)/b12-10+,15-11+,36-16+,39-30+/t34-,35+,37-,38-,40-,41+,42+,43+,44+,45+,46-,47-,49-,50+,54-/m1/s1. The van der Waals surface area contributed by atoms with Crippen LogP contribution >= 0.6 is 0 Å². The molecule has 1 aliphatic carbocycles. The number of cyclic esters (lactones) is 1. The third kappa shape index (κ3) is 18.0. The second-order valence-electron chi connectivity index (χ2n) is 21.3. The number of methoxy groups -OCH3 is 2. The summed E-state index contributed by atoms with van der Waals surface area (Å²) in [4.78, 5) is 58.3. The van der Waals surface area contributed by atoms with Crippen LogP contribution < -0.4 is 5.32 Å². The Kier molecular flexibility index (Phi) is 24.9. The number of nitrogens with one attached hydrogen (secondary N) is 1. The molecule has 72 heavy (non-hydrogen) atoms. The molecule has 4 aliphatic rings. The summed E-state index contributed by atoms with van der Waals surface area (Å²) in [6.45, 7) is 13.3. The molecule has 17 nitrogen and oxygen atoms in total.